The number of anilines is 2. The summed E-state index contributed by atoms with van der Waals surface area (Å²) in [5, 5.41) is 2.69. The van der Waals surface area contributed by atoms with Gasteiger partial charge < -0.3 is 11.1 Å². The number of hydrogen-bond acceptors (Lipinski definition) is 2. The Morgan fingerprint density at radius 3 is 2.58 bits per heavy atom. The van der Waals surface area contributed by atoms with Gasteiger partial charge in [0.2, 0.25) is 0 Å². The van der Waals surface area contributed by atoms with Gasteiger partial charge in [0.15, 0.2) is 0 Å². The van der Waals surface area contributed by atoms with Crippen LogP contribution in [0, 0.1) is 19.7 Å². The summed E-state index contributed by atoms with van der Waals surface area (Å²) in [4.78, 5) is 12.2. The summed E-state index contributed by atoms with van der Waals surface area (Å²) in [6.45, 7) is 3.78. The number of nitrogen functional groups attached to an aromatic ring is 1. The molecule has 98 valence electrons. The van der Waals surface area contributed by atoms with Gasteiger partial charge in [-0.1, -0.05) is 17.7 Å². The Morgan fingerprint density at radius 2 is 1.89 bits per heavy atom. The Labute approximate surface area is 111 Å². The maximum Gasteiger partial charge on any atom is 0.255 e. The highest BCUT2D eigenvalue weighted by molar-refractivity contribution is 6.06. The average molecular weight is 258 g/mol. The molecule has 0 bridgehead atoms. The van der Waals surface area contributed by atoms with Crippen LogP contribution < -0.4 is 11.1 Å². The molecule has 3 N–H and O–H groups in total. The Morgan fingerprint density at radius 1 is 1.16 bits per heavy atom. The van der Waals surface area contributed by atoms with E-state index in [2.05, 4.69) is 5.32 Å². The summed E-state index contributed by atoms with van der Waals surface area (Å²) in [6.07, 6.45) is 0. The lowest BCUT2D eigenvalue weighted by Crippen LogP contribution is -2.14. The molecule has 4 heteroatoms. The van der Waals surface area contributed by atoms with Crippen molar-refractivity contribution in [3.63, 3.8) is 0 Å². The van der Waals surface area contributed by atoms with Crippen LogP contribution >= 0.6 is 0 Å². The van der Waals surface area contributed by atoms with E-state index in [0.717, 1.165) is 11.1 Å². The first-order valence-corrected chi connectivity index (χ1v) is 5.91. The van der Waals surface area contributed by atoms with Crippen molar-refractivity contribution in [2.45, 2.75) is 13.8 Å². The summed E-state index contributed by atoms with van der Waals surface area (Å²) in [7, 11) is 0. The van der Waals surface area contributed by atoms with Crippen molar-refractivity contribution in [2.24, 2.45) is 0 Å². The van der Waals surface area contributed by atoms with E-state index < -0.39 is 5.82 Å². The van der Waals surface area contributed by atoms with Crippen molar-refractivity contribution in [1.82, 2.24) is 0 Å². The molecule has 0 spiro atoms. The average Bonchev–Trinajstić information content (AvgIpc) is 2.35. The maximum absolute atomic E-state index is 12.9. The van der Waals surface area contributed by atoms with Crippen molar-refractivity contribution in [1.29, 1.82) is 0 Å². The van der Waals surface area contributed by atoms with Crippen LogP contribution in [0.2, 0.25) is 0 Å². The quantitative estimate of drug-likeness (QED) is 0.812. The van der Waals surface area contributed by atoms with E-state index >= 15 is 0 Å². The van der Waals surface area contributed by atoms with Crippen LogP contribution in [0.15, 0.2) is 36.4 Å². The molecule has 0 saturated heterocycles. The van der Waals surface area contributed by atoms with Crippen LogP contribution in [0.25, 0.3) is 0 Å². The molecule has 2 aromatic carbocycles. The molecule has 0 unspecified atom stereocenters. The van der Waals surface area contributed by atoms with E-state index in [9.17, 15) is 9.18 Å². The van der Waals surface area contributed by atoms with Gasteiger partial charge in [-0.15, -0.1) is 0 Å². The van der Waals surface area contributed by atoms with Gasteiger partial charge in [0, 0.05) is 5.56 Å². The van der Waals surface area contributed by atoms with Gasteiger partial charge in [0.1, 0.15) is 5.82 Å². The number of carbonyl (C=O) groups is 1. The van der Waals surface area contributed by atoms with Gasteiger partial charge >= 0.3 is 0 Å². The summed E-state index contributed by atoms with van der Waals surface area (Å²) in [5.41, 5.74) is 8.75. The fraction of sp³-hybridized carbons (Fsp3) is 0.133. The van der Waals surface area contributed by atoms with Crippen LogP contribution in [-0.4, -0.2) is 5.91 Å². The van der Waals surface area contributed by atoms with Crippen LogP contribution in [0.4, 0.5) is 15.8 Å². The summed E-state index contributed by atoms with van der Waals surface area (Å²) in [5.74, 6) is -0.679. The minimum Gasteiger partial charge on any atom is -0.397 e. The molecular weight excluding hydrogens is 243 g/mol. The third-order valence-electron chi connectivity index (χ3n) is 2.90. The van der Waals surface area contributed by atoms with E-state index in [1.807, 2.05) is 32.0 Å². The number of halogens is 1. The molecule has 0 atom stereocenters. The maximum atomic E-state index is 12.9. The monoisotopic (exact) mass is 258 g/mol. The molecule has 2 rings (SSSR count). The SMILES string of the molecule is Cc1ccc(C)c(C(=O)Nc2ccc(F)cc2N)c1. The lowest BCUT2D eigenvalue weighted by molar-refractivity contribution is 0.102. The van der Waals surface area contributed by atoms with E-state index in [0.29, 0.717) is 11.3 Å². The fourth-order valence-corrected chi connectivity index (χ4v) is 1.82. The molecule has 0 radical (unpaired) electrons. The number of nitrogens with one attached hydrogen (secondary N) is 1. The number of amides is 1. The zero-order chi connectivity index (χ0) is 14.0. The largest absolute Gasteiger partial charge is 0.397 e. The Hall–Kier alpha value is -2.36. The number of hydrogen-bond donors (Lipinski definition) is 2. The lowest BCUT2D eigenvalue weighted by atomic mass is 10.0. The Balaban J connectivity index is 2.28. The van der Waals surface area contributed by atoms with E-state index in [-0.39, 0.29) is 11.6 Å². The standard InChI is InChI=1S/C15H15FN2O/c1-9-3-4-10(2)12(7-9)15(19)18-14-6-5-11(16)8-13(14)17/h3-8H,17H2,1-2H3,(H,18,19). The first-order valence-electron chi connectivity index (χ1n) is 5.91. The van der Waals surface area contributed by atoms with Gasteiger partial charge in [-0.25, -0.2) is 4.39 Å². The predicted octanol–water partition coefficient (Wildman–Crippen LogP) is 3.28. The van der Waals surface area contributed by atoms with Crippen LogP contribution in [0.1, 0.15) is 21.5 Å². The van der Waals surface area contributed by atoms with Gasteiger partial charge in [-0.05, 0) is 43.7 Å². The molecule has 0 aromatic heterocycles. The van der Waals surface area contributed by atoms with Crippen molar-refractivity contribution in [2.75, 3.05) is 11.1 Å². The normalized spacial score (nSPS) is 10.3. The predicted molar refractivity (Wildman–Crippen MR) is 74.7 cm³/mol. The minimum atomic E-state index is -0.428. The smallest absolute Gasteiger partial charge is 0.255 e. The van der Waals surface area contributed by atoms with Gasteiger partial charge in [0.05, 0.1) is 11.4 Å². The Bertz CT molecular complexity index is 638. The lowest BCUT2D eigenvalue weighted by Gasteiger charge is -2.10. The summed E-state index contributed by atoms with van der Waals surface area (Å²) in [6, 6.07) is 9.53. The van der Waals surface area contributed by atoms with Crippen molar-refractivity contribution < 1.29 is 9.18 Å². The van der Waals surface area contributed by atoms with Crippen LogP contribution in [0.3, 0.4) is 0 Å². The van der Waals surface area contributed by atoms with E-state index in [1.165, 1.54) is 18.2 Å². The second kappa shape index (κ2) is 5.10. The van der Waals surface area contributed by atoms with Crippen LogP contribution in [-0.2, 0) is 0 Å². The molecule has 0 heterocycles. The molecule has 0 aliphatic carbocycles. The molecule has 3 nitrogen and oxygen atoms in total. The molecule has 0 aliphatic heterocycles. The number of carbonyl (C=O) groups excluding carboxylic acids is 1. The minimum absolute atomic E-state index is 0.207. The number of aryl methyl sites for hydroxylation is 2. The van der Waals surface area contributed by atoms with Crippen LogP contribution in [0.5, 0.6) is 0 Å². The van der Waals surface area contributed by atoms with Gasteiger partial charge in [0.25, 0.3) is 5.91 Å². The molecule has 19 heavy (non-hydrogen) atoms. The fourth-order valence-electron chi connectivity index (χ4n) is 1.82. The summed E-state index contributed by atoms with van der Waals surface area (Å²) < 4.78 is 12.9. The first-order chi connectivity index (χ1) is 8.97. The molecule has 0 saturated carbocycles. The molecule has 0 aliphatic rings. The van der Waals surface area contributed by atoms with E-state index in [4.69, 9.17) is 5.73 Å². The summed E-state index contributed by atoms with van der Waals surface area (Å²) >= 11 is 0. The highest BCUT2D eigenvalue weighted by Crippen LogP contribution is 2.21. The number of rotatable bonds is 2. The third kappa shape index (κ3) is 2.91. The topological polar surface area (TPSA) is 55.1 Å². The molecule has 1 amide bonds. The molecular formula is C15H15FN2O. The molecule has 0 fully saturated rings. The zero-order valence-corrected chi connectivity index (χ0v) is 10.8. The van der Waals surface area contributed by atoms with Gasteiger partial charge in [-0.2, -0.15) is 0 Å². The zero-order valence-electron chi connectivity index (χ0n) is 10.8. The second-order valence-corrected chi connectivity index (χ2v) is 4.50. The Kier molecular flexibility index (Phi) is 3.51. The highest BCUT2D eigenvalue weighted by atomic mass is 19.1. The second-order valence-electron chi connectivity index (χ2n) is 4.50. The number of benzene rings is 2. The van der Waals surface area contributed by atoms with Crippen molar-refractivity contribution >= 4 is 17.3 Å². The number of nitrogens with two attached hydrogens (primary N) is 1. The van der Waals surface area contributed by atoms with Crippen molar-refractivity contribution in [3.8, 4) is 0 Å². The van der Waals surface area contributed by atoms with Gasteiger partial charge in [-0.3, -0.25) is 4.79 Å². The first kappa shape index (κ1) is 13.1. The third-order valence-corrected chi connectivity index (χ3v) is 2.90. The van der Waals surface area contributed by atoms with Crippen molar-refractivity contribution in [3.05, 3.63) is 58.9 Å². The molecule has 2 aromatic rings. The van der Waals surface area contributed by atoms with E-state index in [1.54, 1.807) is 0 Å². The highest BCUT2D eigenvalue weighted by Gasteiger charge is 2.11.